The Bertz CT molecular complexity index is 373. The van der Waals surface area contributed by atoms with Crippen LogP contribution in [0.15, 0.2) is 30.3 Å². The lowest BCUT2D eigenvalue weighted by atomic mass is 10.1. The van der Waals surface area contributed by atoms with Gasteiger partial charge < -0.3 is 10.4 Å². The summed E-state index contributed by atoms with van der Waals surface area (Å²) in [4.78, 5) is 11.7. The highest BCUT2D eigenvalue weighted by Crippen LogP contribution is 2.36. The second-order valence-corrected chi connectivity index (χ2v) is 4.87. The van der Waals surface area contributed by atoms with Crippen LogP contribution in [0.5, 0.6) is 0 Å². The minimum atomic E-state index is -1.05. The van der Waals surface area contributed by atoms with Crippen LogP contribution in [0.3, 0.4) is 0 Å². The Kier molecular flexibility index (Phi) is 3.79. The van der Waals surface area contributed by atoms with Crippen molar-refractivity contribution in [2.75, 3.05) is 6.54 Å². The molecule has 0 aromatic heterocycles. The molecule has 0 spiro atoms. The van der Waals surface area contributed by atoms with Gasteiger partial charge in [0.1, 0.15) is 0 Å². The number of amides is 1. The maximum absolute atomic E-state index is 11.7. The van der Waals surface area contributed by atoms with Crippen LogP contribution in [0.4, 0.5) is 0 Å². The summed E-state index contributed by atoms with van der Waals surface area (Å²) in [5, 5.41) is 12.7. The highest BCUT2D eigenvalue weighted by molar-refractivity contribution is 5.81. The van der Waals surface area contributed by atoms with Crippen LogP contribution >= 0.6 is 0 Å². The highest BCUT2D eigenvalue weighted by atomic mass is 16.3. The zero-order valence-corrected chi connectivity index (χ0v) is 10.1. The quantitative estimate of drug-likeness (QED) is 0.816. The van der Waals surface area contributed by atoms with E-state index >= 15 is 0 Å². The molecule has 2 rings (SSSR count). The number of nitrogens with one attached hydrogen (secondary N) is 1. The molecule has 2 atom stereocenters. The Morgan fingerprint density at radius 1 is 1.41 bits per heavy atom. The third-order valence-corrected chi connectivity index (χ3v) is 3.39. The van der Waals surface area contributed by atoms with Crippen LogP contribution in [-0.2, 0) is 4.79 Å². The lowest BCUT2D eigenvalue weighted by molar-refractivity contribution is -0.129. The lowest BCUT2D eigenvalue weighted by Crippen LogP contribution is -2.33. The van der Waals surface area contributed by atoms with Crippen molar-refractivity contribution in [3.05, 3.63) is 35.9 Å². The molecule has 3 heteroatoms. The van der Waals surface area contributed by atoms with E-state index in [4.69, 9.17) is 0 Å². The monoisotopic (exact) mass is 233 g/mol. The normalized spacial score (nSPS) is 18.5. The van der Waals surface area contributed by atoms with Crippen molar-refractivity contribution in [2.45, 2.75) is 25.9 Å². The molecule has 1 aromatic rings. The van der Waals surface area contributed by atoms with Crippen molar-refractivity contribution in [3.8, 4) is 0 Å². The fourth-order valence-corrected chi connectivity index (χ4v) is 1.98. The van der Waals surface area contributed by atoms with E-state index in [1.165, 1.54) is 12.8 Å². The molecule has 92 valence electrons. The van der Waals surface area contributed by atoms with Gasteiger partial charge in [-0.05, 0) is 30.2 Å². The smallest absolute Gasteiger partial charge is 0.253 e. The molecule has 2 N–H and O–H groups in total. The van der Waals surface area contributed by atoms with Gasteiger partial charge in [-0.25, -0.2) is 0 Å². The minimum Gasteiger partial charge on any atom is -0.378 e. The summed E-state index contributed by atoms with van der Waals surface area (Å²) in [6.07, 6.45) is 1.50. The van der Waals surface area contributed by atoms with Gasteiger partial charge in [-0.15, -0.1) is 0 Å². The zero-order chi connectivity index (χ0) is 12.3. The summed E-state index contributed by atoms with van der Waals surface area (Å²) in [7, 11) is 0. The van der Waals surface area contributed by atoms with Gasteiger partial charge in [0.15, 0.2) is 6.10 Å². The van der Waals surface area contributed by atoms with Crippen molar-refractivity contribution in [1.29, 1.82) is 0 Å². The number of rotatable bonds is 5. The van der Waals surface area contributed by atoms with Crippen LogP contribution in [0.2, 0.25) is 0 Å². The molecule has 0 heterocycles. The Morgan fingerprint density at radius 2 is 2.06 bits per heavy atom. The van der Waals surface area contributed by atoms with Gasteiger partial charge in [-0.2, -0.15) is 0 Å². The van der Waals surface area contributed by atoms with Crippen LogP contribution in [0.1, 0.15) is 31.4 Å². The summed E-state index contributed by atoms with van der Waals surface area (Å²) in [6, 6.07) is 9.02. The average Bonchev–Trinajstić information content (AvgIpc) is 3.20. The van der Waals surface area contributed by atoms with E-state index in [1.807, 2.05) is 18.2 Å². The standard InChI is InChI=1S/C14H19NO2/c1-10(11-7-8-11)9-15-14(17)13(16)12-5-3-2-4-6-12/h2-6,10-11,13,16H,7-9H2,1H3,(H,15,17)/t10-,13+/m1/s1. The summed E-state index contributed by atoms with van der Waals surface area (Å²) in [5.74, 6) is 0.981. The van der Waals surface area contributed by atoms with Gasteiger partial charge in [-0.1, -0.05) is 37.3 Å². The molecule has 1 aliphatic carbocycles. The van der Waals surface area contributed by atoms with Crippen molar-refractivity contribution in [2.24, 2.45) is 11.8 Å². The molecule has 3 nitrogen and oxygen atoms in total. The van der Waals surface area contributed by atoms with Crippen molar-refractivity contribution in [1.82, 2.24) is 5.32 Å². The number of hydrogen-bond acceptors (Lipinski definition) is 2. The first-order valence-electron chi connectivity index (χ1n) is 6.19. The largest absolute Gasteiger partial charge is 0.378 e. The molecule has 1 aliphatic rings. The van der Waals surface area contributed by atoms with Gasteiger partial charge >= 0.3 is 0 Å². The summed E-state index contributed by atoms with van der Waals surface area (Å²) in [5.41, 5.74) is 0.643. The van der Waals surface area contributed by atoms with E-state index in [9.17, 15) is 9.90 Å². The Hall–Kier alpha value is -1.35. The first kappa shape index (κ1) is 12.1. The Balaban J connectivity index is 1.82. The zero-order valence-electron chi connectivity index (χ0n) is 10.1. The van der Waals surface area contributed by atoms with Crippen LogP contribution in [0.25, 0.3) is 0 Å². The number of carbonyl (C=O) groups is 1. The van der Waals surface area contributed by atoms with Gasteiger partial charge in [0.25, 0.3) is 5.91 Å². The van der Waals surface area contributed by atoms with Crippen LogP contribution < -0.4 is 5.32 Å². The number of benzene rings is 1. The van der Waals surface area contributed by atoms with Gasteiger partial charge in [0.2, 0.25) is 0 Å². The van der Waals surface area contributed by atoms with E-state index in [2.05, 4.69) is 12.2 Å². The Labute approximate surface area is 102 Å². The van der Waals surface area contributed by atoms with Crippen LogP contribution in [-0.4, -0.2) is 17.6 Å². The predicted octanol–water partition coefficient (Wildman–Crippen LogP) is 1.88. The predicted molar refractivity (Wildman–Crippen MR) is 66.3 cm³/mol. The molecule has 1 fully saturated rings. The molecular formula is C14H19NO2. The minimum absolute atomic E-state index is 0.302. The third kappa shape index (κ3) is 3.30. The molecular weight excluding hydrogens is 214 g/mol. The SMILES string of the molecule is C[C@H](CNC(=O)[C@@H](O)c1ccccc1)C1CC1. The number of hydrogen-bond donors (Lipinski definition) is 2. The summed E-state index contributed by atoms with van der Waals surface area (Å²) >= 11 is 0. The molecule has 0 unspecified atom stereocenters. The molecule has 0 radical (unpaired) electrons. The maximum atomic E-state index is 11.7. The van der Waals surface area contributed by atoms with Gasteiger partial charge in [0.05, 0.1) is 0 Å². The summed E-state index contributed by atoms with van der Waals surface area (Å²) in [6.45, 7) is 2.81. The van der Waals surface area contributed by atoms with Crippen LogP contribution in [0, 0.1) is 11.8 Å². The van der Waals surface area contributed by atoms with E-state index in [0.717, 1.165) is 5.92 Å². The Morgan fingerprint density at radius 3 is 2.65 bits per heavy atom. The van der Waals surface area contributed by atoms with Crippen molar-refractivity contribution < 1.29 is 9.90 Å². The second-order valence-electron chi connectivity index (χ2n) is 4.87. The van der Waals surface area contributed by atoms with Crippen molar-refractivity contribution >= 4 is 5.91 Å². The summed E-state index contributed by atoms with van der Waals surface area (Å²) < 4.78 is 0. The molecule has 0 bridgehead atoms. The van der Waals surface area contributed by atoms with Crippen molar-refractivity contribution in [3.63, 3.8) is 0 Å². The topological polar surface area (TPSA) is 49.3 Å². The van der Waals surface area contributed by atoms with Gasteiger partial charge in [-0.3, -0.25) is 4.79 Å². The van der Waals surface area contributed by atoms with E-state index < -0.39 is 6.10 Å². The molecule has 0 saturated heterocycles. The molecule has 0 aliphatic heterocycles. The van der Waals surface area contributed by atoms with E-state index in [1.54, 1.807) is 12.1 Å². The fourth-order valence-electron chi connectivity index (χ4n) is 1.98. The molecule has 17 heavy (non-hydrogen) atoms. The maximum Gasteiger partial charge on any atom is 0.253 e. The lowest BCUT2D eigenvalue weighted by Gasteiger charge is -2.14. The fraction of sp³-hybridized carbons (Fsp3) is 0.500. The number of carbonyl (C=O) groups excluding carboxylic acids is 1. The number of aliphatic hydroxyl groups is 1. The van der Waals surface area contributed by atoms with E-state index in [0.29, 0.717) is 18.0 Å². The first-order valence-corrected chi connectivity index (χ1v) is 6.19. The molecule has 1 amide bonds. The first-order chi connectivity index (χ1) is 8.18. The molecule has 1 saturated carbocycles. The number of aliphatic hydroxyl groups excluding tert-OH is 1. The average molecular weight is 233 g/mol. The molecule has 1 aromatic carbocycles. The van der Waals surface area contributed by atoms with Gasteiger partial charge in [0, 0.05) is 6.54 Å². The second kappa shape index (κ2) is 5.32. The third-order valence-electron chi connectivity index (χ3n) is 3.39. The van der Waals surface area contributed by atoms with E-state index in [-0.39, 0.29) is 5.91 Å². The highest BCUT2D eigenvalue weighted by Gasteiger charge is 2.28.